The van der Waals surface area contributed by atoms with E-state index in [0.717, 1.165) is 0 Å². The molecule has 0 fully saturated rings. The Kier molecular flexibility index (Phi) is 2.82. The number of hydrogen-bond donors (Lipinski definition) is 2. The van der Waals surface area contributed by atoms with Crippen molar-refractivity contribution in [1.82, 2.24) is 14.6 Å². The number of fused-ring (bicyclic) bond motifs is 1. The molecule has 0 atom stereocenters. The fourth-order valence-corrected chi connectivity index (χ4v) is 1.40. The molecule has 0 spiro atoms. The second-order valence-electron chi connectivity index (χ2n) is 3.38. The summed E-state index contributed by atoms with van der Waals surface area (Å²) in [6, 6.07) is 3.10. The molecule has 0 aliphatic heterocycles. The summed E-state index contributed by atoms with van der Waals surface area (Å²) in [6.07, 6.45) is 2.61. The highest BCUT2D eigenvalue weighted by molar-refractivity contribution is 5.87. The third-order valence-electron chi connectivity index (χ3n) is 2.18. The van der Waals surface area contributed by atoms with Crippen molar-refractivity contribution in [2.24, 2.45) is 0 Å². The molecule has 0 saturated heterocycles. The Morgan fingerprint density at radius 3 is 2.94 bits per heavy atom. The van der Waals surface area contributed by atoms with Gasteiger partial charge in [0.05, 0.1) is 5.56 Å². The molecule has 0 unspecified atom stereocenters. The Labute approximate surface area is 91.2 Å². The Hall–Kier alpha value is -1.95. The quantitative estimate of drug-likeness (QED) is 0.777. The first-order valence-corrected chi connectivity index (χ1v) is 4.90. The van der Waals surface area contributed by atoms with Gasteiger partial charge in [0.15, 0.2) is 11.5 Å². The van der Waals surface area contributed by atoms with Gasteiger partial charge in [-0.3, -0.25) is 0 Å². The molecule has 16 heavy (non-hydrogen) atoms. The minimum atomic E-state index is -0.991. The van der Waals surface area contributed by atoms with Crippen LogP contribution in [0.1, 0.15) is 22.6 Å². The van der Waals surface area contributed by atoms with Gasteiger partial charge in [0.25, 0.3) is 0 Å². The third kappa shape index (κ3) is 2.01. The molecule has 0 radical (unpaired) electrons. The van der Waals surface area contributed by atoms with E-state index in [1.165, 1.54) is 16.8 Å². The molecule has 6 nitrogen and oxygen atoms in total. The van der Waals surface area contributed by atoms with Crippen LogP contribution < -0.4 is 0 Å². The minimum absolute atomic E-state index is 0.0932. The van der Waals surface area contributed by atoms with E-state index < -0.39 is 5.97 Å². The van der Waals surface area contributed by atoms with Gasteiger partial charge in [0, 0.05) is 19.2 Å². The Morgan fingerprint density at radius 2 is 2.25 bits per heavy atom. The van der Waals surface area contributed by atoms with E-state index in [0.29, 0.717) is 24.3 Å². The zero-order valence-electron chi connectivity index (χ0n) is 8.50. The van der Waals surface area contributed by atoms with Gasteiger partial charge < -0.3 is 10.2 Å². The maximum Gasteiger partial charge on any atom is 0.337 e. The van der Waals surface area contributed by atoms with Crippen molar-refractivity contribution in [3.05, 3.63) is 29.7 Å². The highest BCUT2D eigenvalue weighted by atomic mass is 16.4. The monoisotopic (exact) mass is 221 g/mol. The van der Waals surface area contributed by atoms with Crippen LogP contribution >= 0.6 is 0 Å². The van der Waals surface area contributed by atoms with E-state index in [4.69, 9.17) is 10.2 Å². The first kappa shape index (κ1) is 10.6. The van der Waals surface area contributed by atoms with Crippen LogP contribution in [0.2, 0.25) is 0 Å². The fourth-order valence-electron chi connectivity index (χ4n) is 1.40. The maximum absolute atomic E-state index is 10.7. The summed E-state index contributed by atoms with van der Waals surface area (Å²) in [5, 5.41) is 21.6. The molecule has 2 heterocycles. The molecule has 0 aliphatic carbocycles. The lowest BCUT2D eigenvalue weighted by atomic mass is 10.3. The number of aromatic carboxylic acids is 1. The number of rotatable bonds is 4. The average molecular weight is 221 g/mol. The Morgan fingerprint density at radius 1 is 1.44 bits per heavy atom. The third-order valence-corrected chi connectivity index (χ3v) is 2.18. The van der Waals surface area contributed by atoms with Gasteiger partial charge in [-0.1, -0.05) is 0 Å². The lowest BCUT2D eigenvalue weighted by Gasteiger charge is -1.93. The predicted octanol–water partition coefficient (Wildman–Crippen LogP) is 0.352. The van der Waals surface area contributed by atoms with E-state index in [1.807, 2.05) is 0 Å². The zero-order chi connectivity index (χ0) is 11.5. The molecule has 2 rings (SSSR count). The Bertz CT molecular complexity index is 521. The molecule has 2 aromatic rings. The summed E-state index contributed by atoms with van der Waals surface area (Å²) in [5.41, 5.74) is 0.782. The van der Waals surface area contributed by atoms with E-state index in [1.54, 1.807) is 6.07 Å². The number of carboxylic acids is 1. The summed E-state index contributed by atoms with van der Waals surface area (Å²) >= 11 is 0. The second kappa shape index (κ2) is 4.28. The van der Waals surface area contributed by atoms with E-state index in [9.17, 15) is 4.79 Å². The van der Waals surface area contributed by atoms with Crippen LogP contribution in [-0.4, -0.2) is 37.4 Å². The van der Waals surface area contributed by atoms with Crippen LogP contribution in [0.4, 0.5) is 0 Å². The number of aryl methyl sites for hydroxylation is 1. The van der Waals surface area contributed by atoms with Crippen LogP contribution in [-0.2, 0) is 6.42 Å². The van der Waals surface area contributed by atoms with Crippen LogP contribution in [0.25, 0.3) is 5.65 Å². The lowest BCUT2D eigenvalue weighted by molar-refractivity contribution is 0.0696. The molecule has 0 saturated carbocycles. The number of aromatic nitrogens is 3. The summed E-state index contributed by atoms with van der Waals surface area (Å²) in [5.74, 6) is -0.383. The SMILES string of the molecule is O=C(O)c1ccc2nc(CCCO)nn2c1. The molecular formula is C10H11N3O3. The molecule has 0 amide bonds. The van der Waals surface area contributed by atoms with Crippen molar-refractivity contribution in [2.75, 3.05) is 6.61 Å². The molecular weight excluding hydrogens is 210 g/mol. The lowest BCUT2D eigenvalue weighted by Crippen LogP contribution is -1.99. The van der Waals surface area contributed by atoms with E-state index in [-0.39, 0.29) is 12.2 Å². The van der Waals surface area contributed by atoms with E-state index in [2.05, 4.69) is 10.1 Å². The highest BCUT2D eigenvalue weighted by Gasteiger charge is 2.07. The van der Waals surface area contributed by atoms with Crippen LogP contribution in [0.5, 0.6) is 0 Å². The second-order valence-corrected chi connectivity index (χ2v) is 3.38. The van der Waals surface area contributed by atoms with E-state index >= 15 is 0 Å². The van der Waals surface area contributed by atoms with Gasteiger partial charge >= 0.3 is 5.97 Å². The topological polar surface area (TPSA) is 87.7 Å². The van der Waals surface area contributed by atoms with Crippen LogP contribution in [0, 0.1) is 0 Å². The number of carbonyl (C=O) groups is 1. The average Bonchev–Trinajstić information content (AvgIpc) is 2.67. The number of hydrogen-bond acceptors (Lipinski definition) is 4. The molecule has 6 heteroatoms. The number of carboxylic acid groups (broad SMARTS) is 1. The maximum atomic E-state index is 10.7. The van der Waals surface area contributed by atoms with Gasteiger partial charge in [0.2, 0.25) is 0 Å². The summed E-state index contributed by atoms with van der Waals surface area (Å²) < 4.78 is 1.44. The predicted molar refractivity (Wildman–Crippen MR) is 55.4 cm³/mol. The molecule has 0 aliphatic rings. The molecule has 0 aromatic carbocycles. The molecule has 2 N–H and O–H groups in total. The first-order chi connectivity index (χ1) is 7.70. The summed E-state index contributed by atoms with van der Waals surface area (Å²) in [6.45, 7) is 0.0932. The number of aliphatic hydroxyl groups is 1. The minimum Gasteiger partial charge on any atom is -0.478 e. The Balaban J connectivity index is 2.34. The van der Waals surface area contributed by atoms with Crippen molar-refractivity contribution < 1.29 is 15.0 Å². The summed E-state index contributed by atoms with van der Waals surface area (Å²) in [7, 11) is 0. The largest absolute Gasteiger partial charge is 0.478 e. The number of pyridine rings is 1. The van der Waals surface area contributed by atoms with Crippen molar-refractivity contribution in [2.45, 2.75) is 12.8 Å². The van der Waals surface area contributed by atoms with Crippen molar-refractivity contribution >= 4 is 11.6 Å². The smallest absolute Gasteiger partial charge is 0.337 e. The van der Waals surface area contributed by atoms with Crippen LogP contribution in [0.3, 0.4) is 0 Å². The highest BCUT2D eigenvalue weighted by Crippen LogP contribution is 2.06. The normalized spacial score (nSPS) is 10.8. The van der Waals surface area contributed by atoms with Gasteiger partial charge in [-0.25, -0.2) is 14.3 Å². The zero-order valence-corrected chi connectivity index (χ0v) is 8.50. The van der Waals surface area contributed by atoms with Crippen molar-refractivity contribution in [3.63, 3.8) is 0 Å². The number of aliphatic hydroxyl groups excluding tert-OH is 1. The number of nitrogens with zero attached hydrogens (tertiary/aromatic N) is 3. The standard InChI is InChI=1S/C10H11N3O3/c14-5-1-2-8-11-9-4-3-7(10(15)16)6-13(9)12-8/h3-4,6,14H,1-2,5H2,(H,15,16). The fraction of sp³-hybridized carbons (Fsp3) is 0.300. The molecule has 84 valence electrons. The van der Waals surface area contributed by atoms with Crippen molar-refractivity contribution in [1.29, 1.82) is 0 Å². The summed E-state index contributed by atoms with van der Waals surface area (Å²) in [4.78, 5) is 14.9. The first-order valence-electron chi connectivity index (χ1n) is 4.90. The van der Waals surface area contributed by atoms with Crippen LogP contribution in [0.15, 0.2) is 18.3 Å². The molecule has 2 aromatic heterocycles. The van der Waals surface area contributed by atoms with Gasteiger partial charge in [-0.15, -0.1) is 0 Å². The van der Waals surface area contributed by atoms with Crippen molar-refractivity contribution in [3.8, 4) is 0 Å². The molecule has 0 bridgehead atoms. The van der Waals surface area contributed by atoms with Gasteiger partial charge in [-0.05, 0) is 18.6 Å². The van der Waals surface area contributed by atoms with Gasteiger partial charge in [-0.2, -0.15) is 5.10 Å². The van der Waals surface area contributed by atoms with Gasteiger partial charge in [0.1, 0.15) is 0 Å².